The van der Waals surface area contributed by atoms with Gasteiger partial charge in [0.15, 0.2) is 0 Å². The van der Waals surface area contributed by atoms with Gasteiger partial charge in [-0.15, -0.1) is 0 Å². The molecule has 0 saturated carbocycles. The highest BCUT2D eigenvalue weighted by Gasteiger charge is 2.36. The number of likely N-dealkylation sites (tertiary alicyclic amines) is 2. The van der Waals surface area contributed by atoms with Gasteiger partial charge in [-0.3, -0.25) is 23.6 Å². The highest BCUT2D eigenvalue weighted by Crippen LogP contribution is 2.31. The molecule has 2 aliphatic heterocycles. The number of aryl methyl sites for hydroxylation is 3. The van der Waals surface area contributed by atoms with E-state index in [1.165, 1.54) is 12.1 Å². The summed E-state index contributed by atoms with van der Waals surface area (Å²) >= 11 is 0. The van der Waals surface area contributed by atoms with Gasteiger partial charge in [0, 0.05) is 50.9 Å². The normalized spacial score (nSPS) is 17.0. The maximum absolute atomic E-state index is 14.4. The van der Waals surface area contributed by atoms with E-state index in [0.29, 0.717) is 75.5 Å². The molecule has 0 N–H and O–H groups in total. The Morgan fingerprint density at radius 3 is 2.11 bits per heavy atom. The smallest absolute Gasteiger partial charge is 0.410 e. The molecule has 0 bridgehead atoms. The predicted molar refractivity (Wildman–Crippen MR) is 235 cm³/mol. The molecule has 2 aliphatic rings. The van der Waals surface area contributed by atoms with Crippen LogP contribution in [0.15, 0.2) is 71.9 Å². The van der Waals surface area contributed by atoms with Gasteiger partial charge in [0.1, 0.15) is 35.9 Å². The first kappa shape index (κ1) is 48.2. The summed E-state index contributed by atoms with van der Waals surface area (Å²) in [4.78, 5) is 61.8. The van der Waals surface area contributed by atoms with E-state index in [-0.39, 0.29) is 42.3 Å². The van der Waals surface area contributed by atoms with Crippen molar-refractivity contribution in [1.29, 1.82) is 0 Å². The van der Waals surface area contributed by atoms with Crippen molar-refractivity contribution in [3.63, 3.8) is 0 Å². The average Bonchev–Trinajstić information content (AvgIpc) is 3.22. The first-order valence-corrected chi connectivity index (χ1v) is 23.3. The number of aromatic nitrogens is 1. The zero-order valence-electron chi connectivity index (χ0n) is 37.5. The minimum atomic E-state index is -3.87. The molecule has 13 nitrogen and oxygen atoms in total. The van der Waals surface area contributed by atoms with Crippen molar-refractivity contribution in [1.82, 2.24) is 14.8 Å². The molecule has 2 saturated heterocycles. The standard InChI is InChI=1S/C48H65N3O10S/c1-34-10-19-41(20-11-34)62(56,57)59-28-27-58-40-17-14-35(15-18-40)12-13-37-29-39(32-49-31-37)42(30-44(53)60-47(2,3)4)45(54)38-9-8-24-51(33-38)43(52)21-16-36-22-25-50(26-23-36)46(55)61-48(5,6)7/h10-11,14-15,17-20,29,31-32,36,38,42H,8-9,12-13,16,21-28,30,33H2,1-7H3/t38-,42+/m1/s1. The number of hydrogen-bond donors (Lipinski definition) is 0. The fraction of sp³-hybridized carbons (Fsp3) is 0.562. The second-order valence-corrected chi connectivity index (χ2v) is 20.2. The summed E-state index contributed by atoms with van der Waals surface area (Å²) in [5.74, 6) is -0.813. The minimum Gasteiger partial charge on any atom is -0.491 e. The number of nitrogens with zero attached hydrogens (tertiary/aromatic N) is 3. The van der Waals surface area contributed by atoms with Crippen LogP contribution in [0.4, 0.5) is 4.79 Å². The van der Waals surface area contributed by atoms with Crippen LogP contribution in [0.3, 0.4) is 0 Å². The van der Waals surface area contributed by atoms with Crippen molar-refractivity contribution < 1.29 is 46.0 Å². The summed E-state index contributed by atoms with van der Waals surface area (Å²) in [6.07, 6.45) is 8.38. The molecule has 62 heavy (non-hydrogen) atoms. The number of ketones is 1. The summed E-state index contributed by atoms with van der Waals surface area (Å²) in [5, 5.41) is 0. The fourth-order valence-corrected chi connectivity index (χ4v) is 8.71. The molecular weight excluding hydrogens is 811 g/mol. The molecule has 0 aliphatic carbocycles. The summed E-state index contributed by atoms with van der Waals surface area (Å²) in [7, 11) is -3.87. The Balaban J connectivity index is 1.14. The number of hydrogen-bond acceptors (Lipinski definition) is 11. The zero-order valence-corrected chi connectivity index (χ0v) is 38.3. The monoisotopic (exact) mass is 875 g/mol. The first-order chi connectivity index (χ1) is 29.2. The zero-order chi connectivity index (χ0) is 45.1. The van der Waals surface area contributed by atoms with Gasteiger partial charge in [0.05, 0.1) is 17.2 Å². The number of benzene rings is 2. The van der Waals surface area contributed by atoms with Gasteiger partial charge < -0.3 is 24.0 Å². The molecule has 0 spiro atoms. The van der Waals surface area contributed by atoms with Gasteiger partial charge in [-0.1, -0.05) is 35.9 Å². The lowest BCUT2D eigenvalue weighted by atomic mass is 9.81. The fourth-order valence-electron chi connectivity index (χ4n) is 7.82. The second-order valence-electron chi connectivity index (χ2n) is 18.6. The molecule has 2 aromatic carbocycles. The van der Waals surface area contributed by atoms with Crippen molar-refractivity contribution >= 4 is 33.9 Å². The highest BCUT2D eigenvalue weighted by molar-refractivity contribution is 7.86. The summed E-state index contributed by atoms with van der Waals surface area (Å²) < 4.78 is 47.0. The molecular formula is C48H65N3O10S. The van der Waals surface area contributed by atoms with Crippen molar-refractivity contribution in [2.24, 2.45) is 11.8 Å². The lowest BCUT2D eigenvalue weighted by molar-refractivity contribution is -0.156. The Kier molecular flexibility index (Phi) is 16.7. The van der Waals surface area contributed by atoms with Crippen LogP contribution in [0, 0.1) is 18.8 Å². The van der Waals surface area contributed by atoms with Crippen molar-refractivity contribution in [3.8, 4) is 5.75 Å². The van der Waals surface area contributed by atoms with E-state index in [2.05, 4.69) is 4.98 Å². The number of Topliss-reactive ketones (excluding diaryl/α,β-unsaturated/α-hetero) is 1. The van der Waals surface area contributed by atoms with E-state index in [0.717, 1.165) is 36.0 Å². The molecule has 1 aromatic heterocycles. The van der Waals surface area contributed by atoms with Gasteiger partial charge >= 0.3 is 12.1 Å². The van der Waals surface area contributed by atoms with Crippen LogP contribution < -0.4 is 4.74 Å². The van der Waals surface area contributed by atoms with Crippen molar-refractivity contribution in [2.45, 2.75) is 128 Å². The van der Waals surface area contributed by atoms with Gasteiger partial charge in [-0.2, -0.15) is 8.42 Å². The largest absolute Gasteiger partial charge is 0.491 e. The Labute approximate surface area is 368 Å². The number of amides is 2. The molecule has 338 valence electrons. The summed E-state index contributed by atoms with van der Waals surface area (Å²) in [6.45, 7) is 14.9. The van der Waals surface area contributed by atoms with E-state index in [1.54, 1.807) is 50.2 Å². The number of ether oxygens (including phenoxy) is 3. The van der Waals surface area contributed by atoms with Gasteiger partial charge in [-0.05, 0) is 140 Å². The van der Waals surface area contributed by atoms with E-state index in [9.17, 15) is 27.6 Å². The Hall–Kier alpha value is -4.82. The van der Waals surface area contributed by atoms with Crippen LogP contribution in [0.5, 0.6) is 5.75 Å². The number of carbonyl (C=O) groups is 4. The molecule has 0 unspecified atom stereocenters. The molecule has 3 heterocycles. The SMILES string of the molecule is Cc1ccc(S(=O)(=O)OCCOc2ccc(CCc3cncc([C@H](CC(=O)OC(C)(C)C)C(=O)[C@@H]4CCCN(C(=O)CCC5CCN(C(=O)OC(C)(C)C)CC5)C4)c3)cc2)cc1. The topological polar surface area (TPSA) is 159 Å². The predicted octanol–water partition coefficient (Wildman–Crippen LogP) is 8.01. The van der Waals surface area contributed by atoms with Crippen molar-refractivity contribution in [2.75, 3.05) is 39.4 Å². The second kappa shape index (κ2) is 21.5. The molecule has 5 rings (SSSR count). The van der Waals surface area contributed by atoms with Crippen LogP contribution in [-0.2, 0) is 51.0 Å². The third kappa shape index (κ3) is 15.2. The van der Waals surface area contributed by atoms with Crippen LogP contribution >= 0.6 is 0 Å². The maximum atomic E-state index is 14.4. The van der Waals surface area contributed by atoms with Crippen LogP contribution in [0.2, 0.25) is 0 Å². The molecule has 2 amide bonds. The van der Waals surface area contributed by atoms with Crippen LogP contribution in [0.25, 0.3) is 0 Å². The lowest BCUT2D eigenvalue weighted by Gasteiger charge is -2.35. The first-order valence-electron chi connectivity index (χ1n) is 21.9. The Morgan fingerprint density at radius 1 is 0.790 bits per heavy atom. The van der Waals surface area contributed by atoms with Crippen LogP contribution in [-0.4, -0.2) is 97.5 Å². The van der Waals surface area contributed by atoms with Gasteiger partial charge in [0.2, 0.25) is 5.91 Å². The Morgan fingerprint density at radius 2 is 1.45 bits per heavy atom. The molecule has 2 atom stereocenters. The number of carbonyl (C=O) groups excluding carboxylic acids is 4. The molecule has 14 heteroatoms. The third-order valence-electron chi connectivity index (χ3n) is 11.1. The molecule has 2 fully saturated rings. The Bertz CT molecular complexity index is 2080. The van der Waals surface area contributed by atoms with Gasteiger partial charge in [-0.25, -0.2) is 4.79 Å². The quantitative estimate of drug-likeness (QED) is 0.0735. The number of piperidine rings is 2. The summed E-state index contributed by atoms with van der Waals surface area (Å²) in [6, 6.07) is 15.9. The highest BCUT2D eigenvalue weighted by atomic mass is 32.2. The average molecular weight is 876 g/mol. The lowest BCUT2D eigenvalue weighted by Crippen LogP contribution is -2.44. The van der Waals surface area contributed by atoms with E-state index >= 15 is 0 Å². The van der Waals surface area contributed by atoms with Gasteiger partial charge in [0.25, 0.3) is 10.1 Å². The molecule has 0 radical (unpaired) electrons. The number of esters is 1. The third-order valence-corrected chi connectivity index (χ3v) is 12.4. The molecule has 3 aromatic rings. The van der Waals surface area contributed by atoms with E-state index in [4.69, 9.17) is 18.4 Å². The van der Waals surface area contributed by atoms with E-state index < -0.39 is 39.1 Å². The van der Waals surface area contributed by atoms with Crippen LogP contribution in [0.1, 0.15) is 115 Å². The van der Waals surface area contributed by atoms with Crippen molar-refractivity contribution in [3.05, 3.63) is 89.2 Å². The number of rotatable bonds is 17. The maximum Gasteiger partial charge on any atom is 0.410 e. The minimum absolute atomic E-state index is 0.0300. The summed E-state index contributed by atoms with van der Waals surface area (Å²) in [5.41, 5.74) is 2.29. The van der Waals surface area contributed by atoms with E-state index in [1.807, 2.05) is 62.9 Å². The number of pyridine rings is 1.